The molecule has 2 aliphatic heterocycles. The highest BCUT2D eigenvalue weighted by Gasteiger charge is 2.27. The highest BCUT2D eigenvalue weighted by Crippen LogP contribution is 2.35. The molecule has 6 heteroatoms. The van der Waals surface area contributed by atoms with Crippen molar-refractivity contribution in [2.24, 2.45) is 0 Å². The molecular weight excluding hydrogens is 406 g/mol. The first kappa shape index (κ1) is 20.3. The summed E-state index contributed by atoms with van der Waals surface area (Å²) < 4.78 is 2.20. The van der Waals surface area contributed by atoms with Crippen molar-refractivity contribution in [3.05, 3.63) is 75.6 Å². The molecule has 2 aliphatic rings. The van der Waals surface area contributed by atoms with E-state index >= 15 is 0 Å². The SMILES string of the molecule is CC1=C(c2ccccc2C(C)C)CCN(c2nnc3n2-c2ccc(Cl)cc2CNC3)C1. The van der Waals surface area contributed by atoms with Crippen molar-refractivity contribution in [1.29, 1.82) is 0 Å². The van der Waals surface area contributed by atoms with Crippen molar-refractivity contribution in [2.75, 3.05) is 18.0 Å². The molecule has 0 bridgehead atoms. The monoisotopic (exact) mass is 433 g/mol. The molecule has 0 radical (unpaired) electrons. The number of nitrogens with zero attached hydrogens (tertiary/aromatic N) is 4. The van der Waals surface area contributed by atoms with Crippen LogP contribution in [0.5, 0.6) is 0 Å². The smallest absolute Gasteiger partial charge is 0.232 e. The van der Waals surface area contributed by atoms with Gasteiger partial charge in [0.05, 0.1) is 12.2 Å². The highest BCUT2D eigenvalue weighted by atomic mass is 35.5. The van der Waals surface area contributed by atoms with Gasteiger partial charge in [-0.05, 0) is 59.7 Å². The van der Waals surface area contributed by atoms with Crippen LogP contribution in [0.15, 0.2) is 48.0 Å². The average molecular weight is 434 g/mol. The number of hydrogen-bond donors (Lipinski definition) is 1. The Morgan fingerprint density at radius 3 is 2.71 bits per heavy atom. The van der Waals surface area contributed by atoms with E-state index < -0.39 is 0 Å². The molecule has 5 rings (SSSR count). The van der Waals surface area contributed by atoms with E-state index in [1.54, 1.807) is 0 Å². The van der Waals surface area contributed by atoms with Gasteiger partial charge in [-0.1, -0.05) is 55.3 Å². The molecule has 0 aliphatic carbocycles. The zero-order valence-corrected chi connectivity index (χ0v) is 19.1. The maximum Gasteiger partial charge on any atom is 0.232 e. The lowest BCUT2D eigenvalue weighted by Gasteiger charge is -2.32. The Morgan fingerprint density at radius 2 is 1.90 bits per heavy atom. The molecule has 3 heterocycles. The van der Waals surface area contributed by atoms with Gasteiger partial charge in [0.2, 0.25) is 5.95 Å². The molecule has 0 fully saturated rings. The average Bonchev–Trinajstić information content (AvgIpc) is 3.09. The number of rotatable bonds is 3. The van der Waals surface area contributed by atoms with Gasteiger partial charge in [-0.3, -0.25) is 4.57 Å². The van der Waals surface area contributed by atoms with Gasteiger partial charge in [0.15, 0.2) is 5.82 Å². The summed E-state index contributed by atoms with van der Waals surface area (Å²) in [4.78, 5) is 2.36. The quantitative estimate of drug-likeness (QED) is 0.606. The summed E-state index contributed by atoms with van der Waals surface area (Å²) in [6.07, 6.45) is 1.00. The molecule has 3 aromatic rings. The standard InChI is InChI=1S/C25H28ClN5/c1-16(2)20-6-4-5-7-22(20)21-10-11-30(15-17(21)3)25-29-28-24-14-27-13-18-12-19(26)8-9-23(18)31(24)25/h4-9,12,16,27H,10-11,13-15H2,1-3H3. The summed E-state index contributed by atoms with van der Waals surface area (Å²) in [5.74, 6) is 2.36. The number of benzene rings is 2. The molecule has 1 aromatic heterocycles. The molecule has 0 amide bonds. The van der Waals surface area contributed by atoms with Crippen molar-refractivity contribution >= 4 is 23.1 Å². The van der Waals surface area contributed by atoms with Gasteiger partial charge >= 0.3 is 0 Å². The maximum atomic E-state index is 6.26. The summed E-state index contributed by atoms with van der Waals surface area (Å²) in [5, 5.41) is 13.3. The number of aromatic nitrogens is 3. The Kier molecular flexibility index (Phi) is 5.32. The minimum atomic E-state index is 0.512. The van der Waals surface area contributed by atoms with Crippen molar-refractivity contribution in [2.45, 2.75) is 46.2 Å². The second-order valence-corrected chi connectivity index (χ2v) is 9.24. The lowest BCUT2D eigenvalue weighted by Crippen LogP contribution is -2.33. The van der Waals surface area contributed by atoms with Crippen LogP contribution < -0.4 is 10.2 Å². The van der Waals surface area contributed by atoms with Crippen LogP contribution in [-0.2, 0) is 13.1 Å². The zero-order valence-electron chi connectivity index (χ0n) is 18.3. The lowest BCUT2D eigenvalue weighted by atomic mass is 9.87. The summed E-state index contributed by atoms with van der Waals surface area (Å²) in [5.41, 5.74) is 7.99. The number of hydrogen-bond acceptors (Lipinski definition) is 4. The van der Waals surface area contributed by atoms with Crippen molar-refractivity contribution in [3.63, 3.8) is 0 Å². The van der Waals surface area contributed by atoms with Crippen molar-refractivity contribution in [1.82, 2.24) is 20.1 Å². The van der Waals surface area contributed by atoms with E-state index in [2.05, 4.69) is 76.1 Å². The predicted octanol–water partition coefficient (Wildman–Crippen LogP) is 5.33. The van der Waals surface area contributed by atoms with E-state index in [4.69, 9.17) is 11.6 Å². The minimum absolute atomic E-state index is 0.512. The molecule has 5 nitrogen and oxygen atoms in total. The fourth-order valence-corrected chi connectivity index (χ4v) is 5.02. The van der Waals surface area contributed by atoms with E-state index in [9.17, 15) is 0 Å². The molecule has 1 N–H and O–H groups in total. The number of halogens is 1. The summed E-state index contributed by atoms with van der Waals surface area (Å²) in [7, 11) is 0. The van der Waals surface area contributed by atoms with Crippen LogP contribution in [0.2, 0.25) is 5.02 Å². The fourth-order valence-electron chi connectivity index (χ4n) is 4.83. The molecule has 160 valence electrons. The van der Waals surface area contributed by atoms with Crippen molar-refractivity contribution < 1.29 is 0 Å². The Morgan fingerprint density at radius 1 is 1.06 bits per heavy atom. The van der Waals surface area contributed by atoms with E-state index in [1.807, 2.05) is 12.1 Å². The molecular formula is C25H28ClN5. The van der Waals surface area contributed by atoms with Crippen LogP contribution in [0.3, 0.4) is 0 Å². The van der Waals surface area contributed by atoms with Gasteiger partial charge in [-0.15, -0.1) is 10.2 Å². The van der Waals surface area contributed by atoms with Gasteiger partial charge in [-0.25, -0.2) is 0 Å². The van der Waals surface area contributed by atoms with E-state index in [0.29, 0.717) is 12.5 Å². The van der Waals surface area contributed by atoms with Gasteiger partial charge in [0.1, 0.15) is 0 Å². The molecule has 0 saturated heterocycles. The third-order valence-electron chi connectivity index (χ3n) is 6.36. The zero-order chi connectivity index (χ0) is 21.5. The Hall–Kier alpha value is -2.63. The predicted molar refractivity (Wildman–Crippen MR) is 127 cm³/mol. The van der Waals surface area contributed by atoms with E-state index in [1.165, 1.54) is 27.8 Å². The molecule has 0 spiro atoms. The topological polar surface area (TPSA) is 46.0 Å². The van der Waals surface area contributed by atoms with Gasteiger partial charge < -0.3 is 10.2 Å². The number of nitrogens with one attached hydrogen (secondary N) is 1. The van der Waals surface area contributed by atoms with E-state index in [0.717, 1.165) is 48.5 Å². The normalized spacial score (nSPS) is 16.4. The molecule has 0 unspecified atom stereocenters. The Balaban J connectivity index is 1.52. The first-order chi connectivity index (χ1) is 15.0. The Labute approximate surface area is 188 Å². The Bertz CT molecular complexity index is 1160. The third-order valence-corrected chi connectivity index (χ3v) is 6.59. The van der Waals surface area contributed by atoms with Crippen LogP contribution in [0.1, 0.15) is 55.6 Å². The molecule has 31 heavy (non-hydrogen) atoms. The molecule has 2 aromatic carbocycles. The van der Waals surface area contributed by atoms with E-state index in [-0.39, 0.29) is 0 Å². The highest BCUT2D eigenvalue weighted by molar-refractivity contribution is 6.30. The third kappa shape index (κ3) is 3.66. The van der Waals surface area contributed by atoms with Crippen LogP contribution in [0.4, 0.5) is 5.95 Å². The first-order valence-corrected chi connectivity index (χ1v) is 11.4. The van der Waals surface area contributed by atoms with Gasteiger partial charge in [0, 0.05) is 24.7 Å². The maximum absolute atomic E-state index is 6.26. The second kappa shape index (κ2) is 8.13. The van der Waals surface area contributed by atoms with Gasteiger partial charge in [-0.2, -0.15) is 0 Å². The molecule has 0 atom stereocenters. The summed E-state index contributed by atoms with van der Waals surface area (Å²) in [6, 6.07) is 14.9. The minimum Gasteiger partial charge on any atom is -0.336 e. The van der Waals surface area contributed by atoms with Gasteiger partial charge in [0.25, 0.3) is 0 Å². The first-order valence-electron chi connectivity index (χ1n) is 11.0. The van der Waals surface area contributed by atoms with Crippen LogP contribution in [0, 0.1) is 0 Å². The summed E-state index contributed by atoms with van der Waals surface area (Å²) in [6.45, 7) is 10.0. The van der Waals surface area contributed by atoms with Crippen LogP contribution in [0.25, 0.3) is 11.3 Å². The summed E-state index contributed by atoms with van der Waals surface area (Å²) >= 11 is 6.26. The fraction of sp³-hybridized carbons (Fsp3) is 0.360. The lowest BCUT2D eigenvalue weighted by molar-refractivity contribution is 0.673. The second-order valence-electron chi connectivity index (χ2n) is 8.80. The number of fused-ring (bicyclic) bond motifs is 3. The molecule has 0 saturated carbocycles. The van der Waals surface area contributed by atoms with Crippen molar-refractivity contribution in [3.8, 4) is 5.69 Å². The number of anilines is 1. The van der Waals surface area contributed by atoms with Crippen LogP contribution in [-0.4, -0.2) is 27.9 Å². The largest absolute Gasteiger partial charge is 0.336 e. The van der Waals surface area contributed by atoms with Crippen LogP contribution >= 0.6 is 11.6 Å².